The van der Waals surface area contributed by atoms with E-state index in [0.29, 0.717) is 10.2 Å². The minimum Gasteiger partial charge on any atom is -0.357 e. The van der Waals surface area contributed by atoms with E-state index in [4.69, 9.17) is 28.0 Å². The molecule has 3 amide bonds. The van der Waals surface area contributed by atoms with E-state index >= 15 is 0 Å². The third-order valence-corrected chi connectivity index (χ3v) is 5.18. The molecule has 2 heterocycles. The lowest BCUT2D eigenvalue weighted by molar-refractivity contribution is -0.126. The zero-order valence-electron chi connectivity index (χ0n) is 17.3. The third kappa shape index (κ3) is 5.88. The van der Waals surface area contributed by atoms with Gasteiger partial charge in [0.05, 0.1) is 16.3 Å². The minimum absolute atomic E-state index is 0.0336. The van der Waals surface area contributed by atoms with Crippen LogP contribution in [0.2, 0.25) is 10.0 Å². The number of nitrogens with zero attached hydrogens (tertiary/aromatic N) is 3. The highest BCUT2D eigenvalue weighted by Crippen LogP contribution is 2.27. The molecule has 0 unspecified atom stereocenters. The number of rotatable bonds is 7. The van der Waals surface area contributed by atoms with Crippen LogP contribution in [0.15, 0.2) is 41.1 Å². The van der Waals surface area contributed by atoms with Crippen LogP contribution in [0.25, 0.3) is 5.82 Å². The van der Waals surface area contributed by atoms with Crippen molar-refractivity contribution in [2.24, 2.45) is 0 Å². The van der Waals surface area contributed by atoms with Crippen molar-refractivity contribution in [3.05, 3.63) is 68.0 Å². The Kier molecular flexibility index (Phi) is 8.03. The molecule has 0 aliphatic rings. The van der Waals surface area contributed by atoms with E-state index in [2.05, 4.69) is 42.1 Å². The van der Waals surface area contributed by atoms with E-state index < -0.39 is 17.7 Å². The molecule has 3 aromatic rings. The lowest BCUT2D eigenvalue weighted by atomic mass is 10.1. The van der Waals surface area contributed by atoms with Crippen LogP contribution < -0.4 is 16.1 Å². The topological polar surface area (TPSA) is 127 Å². The van der Waals surface area contributed by atoms with E-state index in [-0.39, 0.29) is 39.4 Å². The first kappa shape index (κ1) is 24.6. The van der Waals surface area contributed by atoms with Crippen molar-refractivity contribution in [3.8, 4) is 5.82 Å². The highest BCUT2D eigenvalue weighted by atomic mass is 79.9. The molecule has 3 rings (SSSR count). The van der Waals surface area contributed by atoms with Crippen molar-refractivity contribution in [3.63, 3.8) is 0 Å². The molecule has 0 radical (unpaired) electrons. The van der Waals surface area contributed by atoms with Crippen LogP contribution in [-0.4, -0.2) is 46.1 Å². The summed E-state index contributed by atoms with van der Waals surface area (Å²) < 4.78 is 1.65. The van der Waals surface area contributed by atoms with Crippen LogP contribution in [0.5, 0.6) is 0 Å². The van der Waals surface area contributed by atoms with Crippen molar-refractivity contribution in [2.45, 2.75) is 6.92 Å². The molecule has 0 saturated heterocycles. The molecule has 0 aliphatic heterocycles. The van der Waals surface area contributed by atoms with E-state index in [9.17, 15) is 14.4 Å². The molecular weight excluding hydrogens is 539 g/mol. The summed E-state index contributed by atoms with van der Waals surface area (Å²) in [5.41, 5.74) is 3.02. The Bertz CT molecular complexity index is 1230. The van der Waals surface area contributed by atoms with Gasteiger partial charge in [0.15, 0.2) is 12.4 Å². The Morgan fingerprint density at radius 3 is 2.64 bits per heavy atom. The molecule has 3 N–H and O–H groups in total. The largest absolute Gasteiger partial charge is 0.357 e. The fourth-order valence-electron chi connectivity index (χ4n) is 2.77. The first-order valence-electron chi connectivity index (χ1n) is 9.32. The Morgan fingerprint density at radius 2 is 1.94 bits per heavy atom. The second kappa shape index (κ2) is 10.8. The number of aromatic nitrogens is 3. The number of aryl methyl sites for hydroxylation is 1. The summed E-state index contributed by atoms with van der Waals surface area (Å²) in [4.78, 5) is 46.2. The number of carbonyl (C=O) groups excluding carboxylic acids is 3. The monoisotopic (exact) mass is 554 g/mol. The number of hydrogen-bond donors (Lipinski definition) is 3. The normalized spacial score (nSPS) is 10.6. The van der Waals surface area contributed by atoms with Gasteiger partial charge in [-0.25, -0.2) is 15.1 Å². The SMILES string of the molecule is CNC(=O)CONC(=O)c1cc(Cl)cc(C)c1NC(=O)c1cc(Br)nn1-c1ncccc1Cl. The van der Waals surface area contributed by atoms with Gasteiger partial charge in [-0.3, -0.25) is 19.2 Å². The van der Waals surface area contributed by atoms with Gasteiger partial charge in [0, 0.05) is 24.3 Å². The number of likely N-dealkylation sites (N-methyl/N-ethyl adjacent to an activating group) is 1. The smallest absolute Gasteiger partial charge is 0.277 e. The molecular formula is C20H17BrCl2N6O4. The molecule has 0 aliphatic carbocycles. The summed E-state index contributed by atoms with van der Waals surface area (Å²) >= 11 is 15.6. The number of amides is 3. The van der Waals surface area contributed by atoms with Crippen LogP contribution in [0.1, 0.15) is 26.4 Å². The van der Waals surface area contributed by atoms with E-state index in [1.807, 2.05) is 0 Å². The predicted octanol–water partition coefficient (Wildman–Crippen LogP) is 3.30. The second-order valence-corrected chi connectivity index (χ2v) is 8.22. The van der Waals surface area contributed by atoms with Gasteiger partial charge in [-0.05, 0) is 52.7 Å². The van der Waals surface area contributed by atoms with E-state index in [1.54, 1.807) is 25.1 Å². The molecule has 2 aromatic heterocycles. The highest BCUT2D eigenvalue weighted by molar-refractivity contribution is 9.10. The molecule has 0 bridgehead atoms. The Hall–Kier alpha value is -2.99. The minimum atomic E-state index is -0.706. The molecule has 1 aromatic carbocycles. The van der Waals surface area contributed by atoms with Gasteiger partial charge in [-0.15, -0.1) is 0 Å². The standard InChI is InChI=1S/C20H17BrCl2N6O4/c1-10-6-11(22)7-12(19(31)28-33-9-16(30)24-2)17(10)26-20(32)14-8-15(21)27-29(14)18-13(23)4-3-5-25-18/h3-8H,9H2,1-2H3,(H,24,30)(H,26,32)(H,28,31). The number of anilines is 1. The highest BCUT2D eigenvalue weighted by Gasteiger charge is 2.22. The average Bonchev–Trinajstić information content (AvgIpc) is 3.16. The van der Waals surface area contributed by atoms with Crippen LogP contribution in [0, 0.1) is 6.92 Å². The number of benzene rings is 1. The fourth-order valence-corrected chi connectivity index (χ4v) is 3.62. The summed E-state index contributed by atoms with van der Waals surface area (Å²) in [6.07, 6.45) is 1.52. The molecule has 0 fully saturated rings. The summed E-state index contributed by atoms with van der Waals surface area (Å²) in [7, 11) is 1.43. The number of pyridine rings is 1. The number of hydroxylamine groups is 1. The quantitative estimate of drug-likeness (QED) is 0.384. The van der Waals surface area contributed by atoms with Crippen LogP contribution in [0.4, 0.5) is 5.69 Å². The van der Waals surface area contributed by atoms with Crippen LogP contribution >= 0.6 is 39.1 Å². The summed E-state index contributed by atoms with van der Waals surface area (Å²) in [5.74, 6) is -1.47. The van der Waals surface area contributed by atoms with Crippen molar-refractivity contribution in [1.29, 1.82) is 0 Å². The van der Waals surface area contributed by atoms with Gasteiger partial charge in [0.1, 0.15) is 10.3 Å². The summed E-state index contributed by atoms with van der Waals surface area (Å²) in [6, 6.07) is 7.70. The molecule has 13 heteroatoms. The Balaban J connectivity index is 1.92. The second-order valence-electron chi connectivity index (χ2n) is 6.57. The van der Waals surface area contributed by atoms with Crippen molar-refractivity contribution >= 4 is 62.5 Å². The van der Waals surface area contributed by atoms with Crippen LogP contribution in [0.3, 0.4) is 0 Å². The van der Waals surface area contributed by atoms with Gasteiger partial charge in [0.25, 0.3) is 11.8 Å². The molecule has 0 spiro atoms. The molecule has 33 heavy (non-hydrogen) atoms. The average molecular weight is 556 g/mol. The third-order valence-electron chi connectivity index (χ3n) is 4.28. The van der Waals surface area contributed by atoms with Crippen LogP contribution in [-0.2, 0) is 9.63 Å². The first-order chi connectivity index (χ1) is 15.7. The zero-order valence-corrected chi connectivity index (χ0v) is 20.4. The number of nitrogens with one attached hydrogen (secondary N) is 3. The van der Waals surface area contributed by atoms with Gasteiger partial charge < -0.3 is 10.6 Å². The van der Waals surface area contributed by atoms with Gasteiger partial charge >= 0.3 is 0 Å². The summed E-state index contributed by atoms with van der Waals surface area (Å²) in [5, 5.41) is 9.86. The maximum atomic E-state index is 13.2. The summed E-state index contributed by atoms with van der Waals surface area (Å²) in [6.45, 7) is 1.29. The number of halogens is 3. The maximum Gasteiger partial charge on any atom is 0.277 e. The van der Waals surface area contributed by atoms with Crippen molar-refractivity contribution in [1.82, 2.24) is 25.6 Å². The molecule has 0 saturated carbocycles. The zero-order chi connectivity index (χ0) is 24.1. The van der Waals surface area contributed by atoms with E-state index in [1.165, 1.54) is 30.1 Å². The predicted molar refractivity (Wildman–Crippen MR) is 126 cm³/mol. The molecule has 0 atom stereocenters. The lowest BCUT2D eigenvalue weighted by Crippen LogP contribution is -2.31. The Labute approximate surface area is 206 Å². The van der Waals surface area contributed by atoms with Gasteiger partial charge in [-0.2, -0.15) is 5.10 Å². The van der Waals surface area contributed by atoms with Gasteiger partial charge in [0.2, 0.25) is 5.91 Å². The number of hydrogen-bond acceptors (Lipinski definition) is 6. The maximum absolute atomic E-state index is 13.2. The van der Waals surface area contributed by atoms with E-state index in [0.717, 1.165) is 0 Å². The van der Waals surface area contributed by atoms with Gasteiger partial charge in [-0.1, -0.05) is 23.2 Å². The molecule has 172 valence electrons. The van der Waals surface area contributed by atoms with Crippen molar-refractivity contribution < 1.29 is 19.2 Å². The first-order valence-corrected chi connectivity index (χ1v) is 10.9. The number of carbonyl (C=O) groups is 3. The lowest BCUT2D eigenvalue weighted by Gasteiger charge is -2.15. The fraction of sp³-hybridized carbons (Fsp3) is 0.150. The Morgan fingerprint density at radius 1 is 1.18 bits per heavy atom. The van der Waals surface area contributed by atoms with Crippen molar-refractivity contribution in [2.75, 3.05) is 19.0 Å². The molecule has 10 nitrogen and oxygen atoms in total.